The number of esters is 1. The standard InChI is InChI=1S/C12H18N2O2S/c1-16-12(15)10-8-17-11(14-10)7-13-9-5-3-2-4-6-9/h8-9,13H,2-7H2,1H3. The number of carbonyl (C=O) groups is 1. The molecule has 1 saturated carbocycles. The molecule has 0 aliphatic heterocycles. The first-order valence-electron chi connectivity index (χ1n) is 6.05. The summed E-state index contributed by atoms with van der Waals surface area (Å²) in [7, 11) is 1.38. The van der Waals surface area contributed by atoms with Crippen molar-refractivity contribution < 1.29 is 9.53 Å². The summed E-state index contributed by atoms with van der Waals surface area (Å²) in [5.41, 5.74) is 0.415. The van der Waals surface area contributed by atoms with E-state index < -0.39 is 0 Å². The van der Waals surface area contributed by atoms with Gasteiger partial charge in [0.2, 0.25) is 0 Å². The summed E-state index contributed by atoms with van der Waals surface area (Å²) >= 11 is 1.51. The van der Waals surface area contributed by atoms with E-state index in [0.717, 1.165) is 11.6 Å². The summed E-state index contributed by atoms with van der Waals surface area (Å²) in [6, 6.07) is 0.620. The van der Waals surface area contributed by atoms with Crippen LogP contribution in [0.2, 0.25) is 0 Å². The molecule has 1 fully saturated rings. The number of nitrogens with zero attached hydrogens (tertiary/aromatic N) is 1. The van der Waals surface area contributed by atoms with Crippen LogP contribution in [0.25, 0.3) is 0 Å². The first-order chi connectivity index (χ1) is 8.29. The van der Waals surface area contributed by atoms with Crippen molar-refractivity contribution in [2.24, 2.45) is 0 Å². The fraction of sp³-hybridized carbons (Fsp3) is 0.667. The van der Waals surface area contributed by atoms with E-state index in [1.54, 1.807) is 5.38 Å². The highest BCUT2D eigenvalue weighted by molar-refractivity contribution is 7.09. The van der Waals surface area contributed by atoms with Gasteiger partial charge in [-0.25, -0.2) is 9.78 Å². The maximum absolute atomic E-state index is 11.2. The molecular formula is C12H18N2O2S. The van der Waals surface area contributed by atoms with Gasteiger partial charge < -0.3 is 10.1 Å². The normalized spacial score (nSPS) is 17.0. The Morgan fingerprint density at radius 1 is 1.53 bits per heavy atom. The number of nitrogens with one attached hydrogen (secondary N) is 1. The number of thiazole rings is 1. The molecular weight excluding hydrogens is 236 g/mol. The molecule has 2 rings (SSSR count). The highest BCUT2D eigenvalue weighted by atomic mass is 32.1. The summed E-state index contributed by atoms with van der Waals surface area (Å²) in [6.45, 7) is 0.756. The zero-order valence-electron chi connectivity index (χ0n) is 10.1. The molecule has 1 aliphatic carbocycles. The van der Waals surface area contributed by atoms with Gasteiger partial charge in [-0.2, -0.15) is 0 Å². The van der Waals surface area contributed by atoms with E-state index in [1.165, 1.54) is 50.6 Å². The Labute approximate surface area is 105 Å². The molecule has 0 amide bonds. The molecule has 0 radical (unpaired) electrons. The maximum atomic E-state index is 11.2. The molecule has 4 nitrogen and oxygen atoms in total. The number of hydrogen-bond donors (Lipinski definition) is 1. The van der Waals surface area contributed by atoms with Crippen LogP contribution >= 0.6 is 11.3 Å². The molecule has 1 aliphatic rings. The average molecular weight is 254 g/mol. The van der Waals surface area contributed by atoms with Gasteiger partial charge in [0.25, 0.3) is 0 Å². The van der Waals surface area contributed by atoms with Crippen LogP contribution in [-0.4, -0.2) is 24.1 Å². The predicted octanol–water partition coefficient (Wildman–Crippen LogP) is 2.35. The Kier molecular flexibility index (Phi) is 4.50. The van der Waals surface area contributed by atoms with E-state index in [-0.39, 0.29) is 5.97 Å². The molecule has 94 valence electrons. The molecule has 17 heavy (non-hydrogen) atoms. The first kappa shape index (κ1) is 12.5. The molecule has 1 aromatic rings. The van der Waals surface area contributed by atoms with Crippen molar-refractivity contribution in [1.82, 2.24) is 10.3 Å². The van der Waals surface area contributed by atoms with Gasteiger partial charge in [0.05, 0.1) is 7.11 Å². The van der Waals surface area contributed by atoms with E-state index >= 15 is 0 Å². The van der Waals surface area contributed by atoms with Crippen LogP contribution in [0, 0.1) is 0 Å². The van der Waals surface area contributed by atoms with Crippen LogP contribution in [0.3, 0.4) is 0 Å². The Morgan fingerprint density at radius 2 is 2.29 bits per heavy atom. The Balaban J connectivity index is 1.82. The minimum atomic E-state index is -0.356. The van der Waals surface area contributed by atoms with Gasteiger partial charge in [0.15, 0.2) is 5.69 Å². The molecule has 0 atom stereocenters. The number of methoxy groups -OCH3 is 1. The van der Waals surface area contributed by atoms with Crippen LogP contribution in [0.15, 0.2) is 5.38 Å². The van der Waals surface area contributed by atoms with E-state index in [2.05, 4.69) is 15.0 Å². The molecule has 0 saturated heterocycles. The third kappa shape index (κ3) is 3.51. The lowest BCUT2D eigenvalue weighted by Gasteiger charge is -2.22. The third-order valence-electron chi connectivity index (χ3n) is 3.09. The van der Waals surface area contributed by atoms with Crippen molar-refractivity contribution in [3.8, 4) is 0 Å². The summed E-state index contributed by atoms with van der Waals surface area (Å²) in [6.07, 6.45) is 6.53. The highest BCUT2D eigenvalue weighted by Gasteiger charge is 2.14. The van der Waals surface area contributed by atoms with Crippen molar-refractivity contribution in [3.63, 3.8) is 0 Å². The quantitative estimate of drug-likeness (QED) is 0.838. The second-order valence-corrected chi connectivity index (χ2v) is 5.28. The third-order valence-corrected chi connectivity index (χ3v) is 3.94. The zero-order valence-corrected chi connectivity index (χ0v) is 10.9. The van der Waals surface area contributed by atoms with Crippen molar-refractivity contribution in [3.05, 3.63) is 16.1 Å². The van der Waals surface area contributed by atoms with Crippen LogP contribution in [0.1, 0.15) is 47.6 Å². The minimum Gasteiger partial charge on any atom is -0.464 e. The second-order valence-electron chi connectivity index (χ2n) is 4.33. The summed E-state index contributed by atoms with van der Waals surface area (Å²) in [5, 5.41) is 6.21. The van der Waals surface area contributed by atoms with Gasteiger partial charge in [-0.1, -0.05) is 19.3 Å². The van der Waals surface area contributed by atoms with Crippen LogP contribution in [-0.2, 0) is 11.3 Å². The fourth-order valence-corrected chi connectivity index (χ4v) is 2.84. The number of ether oxygens (including phenoxy) is 1. The summed E-state index contributed by atoms with van der Waals surface area (Å²) in [5.74, 6) is -0.356. The van der Waals surface area contributed by atoms with Crippen LogP contribution in [0.4, 0.5) is 0 Å². The molecule has 0 unspecified atom stereocenters. The second kappa shape index (κ2) is 6.12. The van der Waals surface area contributed by atoms with Crippen molar-refractivity contribution in [2.75, 3.05) is 7.11 Å². The lowest BCUT2D eigenvalue weighted by atomic mass is 9.96. The van der Waals surface area contributed by atoms with Crippen molar-refractivity contribution >= 4 is 17.3 Å². The van der Waals surface area contributed by atoms with Gasteiger partial charge in [-0.05, 0) is 12.8 Å². The Morgan fingerprint density at radius 3 is 3.00 bits per heavy atom. The number of carbonyl (C=O) groups excluding carboxylic acids is 1. The number of aromatic nitrogens is 1. The molecule has 0 spiro atoms. The van der Waals surface area contributed by atoms with Crippen molar-refractivity contribution in [1.29, 1.82) is 0 Å². The molecule has 1 heterocycles. The summed E-state index contributed by atoms with van der Waals surface area (Å²) < 4.78 is 4.63. The minimum absolute atomic E-state index is 0.356. The largest absolute Gasteiger partial charge is 0.464 e. The first-order valence-corrected chi connectivity index (χ1v) is 6.93. The van der Waals surface area contributed by atoms with E-state index in [9.17, 15) is 4.79 Å². The van der Waals surface area contributed by atoms with Gasteiger partial charge in [-0.3, -0.25) is 0 Å². The Bertz CT molecular complexity index is 372. The lowest BCUT2D eigenvalue weighted by molar-refractivity contribution is 0.0594. The molecule has 1 N–H and O–H groups in total. The maximum Gasteiger partial charge on any atom is 0.357 e. The zero-order chi connectivity index (χ0) is 12.1. The molecule has 1 aromatic heterocycles. The molecule has 0 bridgehead atoms. The summed E-state index contributed by atoms with van der Waals surface area (Å²) in [4.78, 5) is 15.5. The van der Waals surface area contributed by atoms with Gasteiger partial charge in [0.1, 0.15) is 5.01 Å². The van der Waals surface area contributed by atoms with E-state index in [1.807, 2.05) is 0 Å². The van der Waals surface area contributed by atoms with Gasteiger partial charge in [0, 0.05) is 18.0 Å². The average Bonchev–Trinajstić information content (AvgIpc) is 2.85. The monoisotopic (exact) mass is 254 g/mol. The SMILES string of the molecule is COC(=O)c1csc(CNC2CCCCC2)n1. The number of rotatable bonds is 4. The topological polar surface area (TPSA) is 51.2 Å². The van der Waals surface area contributed by atoms with Crippen molar-refractivity contribution in [2.45, 2.75) is 44.7 Å². The fourth-order valence-electron chi connectivity index (χ4n) is 2.13. The number of hydrogen-bond acceptors (Lipinski definition) is 5. The Hall–Kier alpha value is -0.940. The van der Waals surface area contributed by atoms with Crippen LogP contribution in [0.5, 0.6) is 0 Å². The van der Waals surface area contributed by atoms with E-state index in [0.29, 0.717) is 11.7 Å². The predicted molar refractivity (Wildman–Crippen MR) is 67.2 cm³/mol. The van der Waals surface area contributed by atoms with Gasteiger partial charge >= 0.3 is 5.97 Å². The smallest absolute Gasteiger partial charge is 0.357 e. The van der Waals surface area contributed by atoms with Crippen LogP contribution < -0.4 is 5.32 Å². The molecule has 0 aromatic carbocycles. The molecule has 5 heteroatoms. The van der Waals surface area contributed by atoms with E-state index in [4.69, 9.17) is 0 Å². The highest BCUT2D eigenvalue weighted by Crippen LogP contribution is 2.18. The lowest BCUT2D eigenvalue weighted by Crippen LogP contribution is -2.30. The van der Waals surface area contributed by atoms with Gasteiger partial charge in [-0.15, -0.1) is 11.3 Å².